The van der Waals surface area contributed by atoms with E-state index in [-0.39, 0.29) is 22.9 Å². The van der Waals surface area contributed by atoms with Crippen molar-refractivity contribution in [2.45, 2.75) is 6.92 Å². The number of hydrazone groups is 1. The van der Waals surface area contributed by atoms with Crippen molar-refractivity contribution in [1.29, 1.82) is 0 Å². The highest BCUT2D eigenvalue weighted by Crippen LogP contribution is 2.32. The number of amides is 2. The average Bonchev–Trinajstić information content (AvgIpc) is 2.98. The number of aryl methyl sites for hydroxylation is 1. The van der Waals surface area contributed by atoms with Gasteiger partial charge in [0.25, 0.3) is 17.5 Å². The number of rotatable bonds is 9. The Kier molecular flexibility index (Phi) is 10.3. The van der Waals surface area contributed by atoms with E-state index in [0.29, 0.717) is 31.3 Å². The van der Waals surface area contributed by atoms with Crippen molar-refractivity contribution in [1.82, 2.24) is 5.43 Å². The molecular weight excluding hydrogens is 684 g/mol. The fraction of sp³-hybridized carbons (Fsp3) is 0.0323. The first-order chi connectivity index (χ1) is 20.6. The summed E-state index contributed by atoms with van der Waals surface area (Å²) in [5, 5.41) is 17.8. The van der Waals surface area contributed by atoms with Crippen LogP contribution in [0.3, 0.4) is 0 Å². The molecule has 0 heterocycles. The molecule has 12 heteroatoms. The van der Waals surface area contributed by atoms with E-state index in [2.05, 4.69) is 47.7 Å². The monoisotopic (exact) mass is 704 g/mol. The minimum Gasteiger partial charge on any atom is -0.421 e. The fourth-order valence-corrected chi connectivity index (χ4v) is 5.12. The summed E-state index contributed by atoms with van der Waals surface area (Å²) in [5.41, 5.74) is 5.27. The van der Waals surface area contributed by atoms with Crippen molar-refractivity contribution < 1.29 is 24.0 Å². The fourth-order valence-electron chi connectivity index (χ4n) is 3.78. The quantitative estimate of drug-likeness (QED) is 0.0477. The van der Waals surface area contributed by atoms with Gasteiger partial charge in [0.15, 0.2) is 5.75 Å². The van der Waals surface area contributed by atoms with E-state index in [1.807, 2.05) is 13.0 Å². The Labute approximate surface area is 262 Å². The zero-order valence-electron chi connectivity index (χ0n) is 22.4. The molecule has 2 N–H and O–H groups in total. The normalized spacial score (nSPS) is 11.0. The van der Waals surface area contributed by atoms with E-state index >= 15 is 0 Å². The van der Waals surface area contributed by atoms with Gasteiger partial charge in [-0.1, -0.05) is 51.8 Å². The molecule has 0 aliphatic rings. The van der Waals surface area contributed by atoms with E-state index in [1.165, 1.54) is 36.6 Å². The summed E-state index contributed by atoms with van der Waals surface area (Å²) in [6.45, 7) is 1.89. The van der Waals surface area contributed by atoms with Gasteiger partial charge in [0.2, 0.25) is 0 Å². The number of hydrogen-bond acceptors (Lipinski definition) is 7. The minimum absolute atomic E-state index is 0.106. The number of carbonyl (C=O) groups excluding carboxylic acids is 3. The lowest BCUT2D eigenvalue weighted by atomic mass is 10.1. The molecule has 43 heavy (non-hydrogen) atoms. The molecule has 216 valence electrons. The van der Waals surface area contributed by atoms with Crippen molar-refractivity contribution in [2.24, 2.45) is 5.10 Å². The van der Waals surface area contributed by atoms with Gasteiger partial charge in [0.05, 0.1) is 15.6 Å². The number of nitro benzene ring substituents is 1. The Morgan fingerprint density at radius 2 is 1.63 bits per heavy atom. The third-order valence-corrected chi connectivity index (χ3v) is 6.81. The van der Waals surface area contributed by atoms with Crippen LogP contribution in [0.2, 0.25) is 0 Å². The summed E-state index contributed by atoms with van der Waals surface area (Å²) < 4.78 is 6.58. The van der Waals surface area contributed by atoms with Crippen LogP contribution in [-0.4, -0.2) is 28.9 Å². The molecule has 4 aromatic carbocycles. The first kappa shape index (κ1) is 31.0. The topological polar surface area (TPSA) is 140 Å². The second-order valence-corrected chi connectivity index (χ2v) is 10.8. The summed E-state index contributed by atoms with van der Waals surface area (Å²) in [6.07, 6.45) is 3.85. The number of nitrogens with one attached hydrogen (secondary N) is 2. The van der Waals surface area contributed by atoms with E-state index in [1.54, 1.807) is 54.6 Å². The molecule has 0 bridgehead atoms. The van der Waals surface area contributed by atoms with Crippen LogP contribution in [0.1, 0.15) is 37.4 Å². The molecule has 0 aliphatic heterocycles. The van der Waals surface area contributed by atoms with Crippen molar-refractivity contribution >= 4 is 73.3 Å². The lowest BCUT2D eigenvalue weighted by Gasteiger charge is -2.09. The van der Waals surface area contributed by atoms with E-state index in [9.17, 15) is 24.5 Å². The van der Waals surface area contributed by atoms with Crippen LogP contribution < -0.4 is 15.5 Å². The number of halogens is 2. The molecule has 4 aromatic rings. The second-order valence-electron chi connectivity index (χ2n) is 9.02. The number of esters is 1. The maximum absolute atomic E-state index is 12.8. The van der Waals surface area contributed by atoms with Gasteiger partial charge in [0.1, 0.15) is 0 Å². The predicted molar refractivity (Wildman–Crippen MR) is 170 cm³/mol. The highest BCUT2D eigenvalue weighted by molar-refractivity contribution is 9.11. The van der Waals surface area contributed by atoms with Crippen LogP contribution in [0.25, 0.3) is 6.08 Å². The molecule has 2 amide bonds. The zero-order chi connectivity index (χ0) is 30.9. The van der Waals surface area contributed by atoms with Gasteiger partial charge in [-0.3, -0.25) is 19.7 Å². The molecule has 0 aliphatic carbocycles. The van der Waals surface area contributed by atoms with E-state index in [0.717, 1.165) is 11.6 Å². The summed E-state index contributed by atoms with van der Waals surface area (Å²) in [4.78, 5) is 48.4. The second kappa shape index (κ2) is 14.3. The van der Waals surface area contributed by atoms with Crippen LogP contribution in [-0.2, 0) is 4.79 Å². The van der Waals surface area contributed by atoms with Crippen LogP contribution in [0, 0.1) is 17.0 Å². The molecule has 0 saturated carbocycles. The molecule has 10 nitrogen and oxygen atoms in total. The Morgan fingerprint density at radius 1 is 0.907 bits per heavy atom. The molecule has 4 rings (SSSR count). The van der Waals surface area contributed by atoms with Gasteiger partial charge in [-0.05, 0) is 77.0 Å². The predicted octanol–water partition coefficient (Wildman–Crippen LogP) is 7.06. The van der Waals surface area contributed by atoms with Crippen LogP contribution >= 0.6 is 31.9 Å². The number of carbonyl (C=O) groups is 3. The molecular formula is C31H22Br2N4O6. The van der Waals surface area contributed by atoms with Crippen molar-refractivity contribution in [3.63, 3.8) is 0 Å². The summed E-state index contributed by atoms with van der Waals surface area (Å²) >= 11 is 6.74. The highest BCUT2D eigenvalue weighted by Gasteiger charge is 2.14. The summed E-state index contributed by atoms with van der Waals surface area (Å²) in [6, 6.07) is 22.6. The Bertz CT molecular complexity index is 1790. The lowest BCUT2D eigenvalue weighted by molar-refractivity contribution is -0.384. The van der Waals surface area contributed by atoms with Gasteiger partial charge in [-0.2, -0.15) is 5.10 Å². The third-order valence-electron chi connectivity index (χ3n) is 5.77. The van der Waals surface area contributed by atoms with Crippen LogP contribution in [0.15, 0.2) is 105 Å². The Balaban J connectivity index is 1.43. The number of benzene rings is 4. The van der Waals surface area contributed by atoms with Gasteiger partial charge >= 0.3 is 5.97 Å². The van der Waals surface area contributed by atoms with Crippen LogP contribution in [0.5, 0.6) is 5.75 Å². The molecule has 0 aromatic heterocycles. The first-order valence-electron chi connectivity index (χ1n) is 12.5. The SMILES string of the molecule is Cc1cccc(C(=O)Nc2cccc(C(=O)NN=Cc3cc(Br)cc(Br)c3OC(=O)/C=C/c3cccc([N+](=O)[O-])c3)c2)c1. The number of hydrogen-bond donors (Lipinski definition) is 2. The summed E-state index contributed by atoms with van der Waals surface area (Å²) in [7, 11) is 0. The number of nitrogens with zero attached hydrogens (tertiary/aromatic N) is 2. The molecule has 0 saturated heterocycles. The maximum Gasteiger partial charge on any atom is 0.336 e. The van der Waals surface area contributed by atoms with Crippen LogP contribution in [0.4, 0.5) is 11.4 Å². The zero-order valence-corrected chi connectivity index (χ0v) is 25.6. The number of anilines is 1. The molecule has 0 spiro atoms. The van der Waals surface area contributed by atoms with Crippen molar-refractivity contribution in [3.05, 3.63) is 138 Å². The number of non-ortho nitro benzene ring substituents is 1. The largest absolute Gasteiger partial charge is 0.421 e. The molecule has 0 fully saturated rings. The first-order valence-corrected chi connectivity index (χ1v) is 14.1. The summed E-state index contributed by atoms with van der Waals surface area (Å²) in [5.74, 6) is -1.44. The van der Waals surface area contributed by atoms with Gasteiger partial charge < -0.3 is 10.1 Å². The van der Waals surface area contributed by atoms with Gasteiger partial charge in [-0.15, -0.1) is 0 Å². The molecule has 0 radical (unpaired) electrons. The van der Waals surface area contributed by atoms with E-state index in [4.69, 9.17) is 4.74 Å². The minimum atomic E-state index is -0.738. The highest BCUT2D eigenvalue weighted by atomic mass is 79.9. The van der Waals surface area contributed by atoms with Gasteiger partial charge in [0, 0.05) is 45.1 Å². The number of ether oxygens (including phenoxy) is 1. The lowest BCUT2D eigenvalue weighted by Crippen LogP contribution is -2.18. The maximum atomic E-state index is 12.8. The molecule has 0 unspecified atom stereocenters. The molecule has 0 atom stereocenters. The van der Waals surface area contributed by atoms with Crippen molar-refractivity contribution in [3.8, 4) is 5.75 Å². The van der Waals surface area contributed by atoms with Gasteiger partial charge in [-0.25, -0.2) is 10.2 Å². The Hall–Kier alpha value is -4.94. The smallest absolute Gasteiger partial charge is 0.336 e. The Morgan fingerprint density at radius 3 is 2.37 bits per heavy atom. The third kappa shape index (κ3) is 8.77. The standard InChI is InChI=1S/C31H22Br2N4O6/c1-19-5-2-7-21(13-19)30(39)35-25-9-4-8-22(16-25)31(40)36-34-18-23-15-24(32)17-27(33)29(23)43-28(38)12-11-20-6-3-10-26(14-20)37(41)42/h2-18H,1H3,(H,35,39)(H,36,40)/b12-11+,34-18?. The van der Waals surface area contributed by atoms with E-state index < -0.39 is 16.8 Å². The van der Waals surface area contributed by atoms with Crippen molar-refractivity contribution in [2.75, 3.05) is 5.32 Å². The average molecular weight is 706 g/mol. The number of nitro groups is 1.